The number of anilines is 2. The molecule has 3 aliphatic heterocycles. The van der Waals surface area contributed by atoms with Crippen LogP contribution >= 0.6 is 0 Å². The molecule has 1 amide bonds. The third kappa shape index (κ3) is 4.36. The second kappa shape index (κ2) is 8.81. The van der Waals surface area contributed by atoms with Gasteiger partial charge in [-0.3, -0.25) is 4.79 Å². The fourth-order valence-electron chi connectivity index (χ4n) is 4.91. The van der Waals surface area contributed by atoms with Gasteiger partial charge in [-0.05, 0) is 49.8 Å². The van der Waals surface area contributed by atoms with Crippen molar-refractivity contribution in [2.24, 2.45) is 0 Å². The largest absolute Gasteiger partial charge is 0.356 e. The highest BCUT2D eigenvalue weighted by atomic mass is 19.1. The van der Waals surface area contributed by atoms with Crippen molar-refractivity contribution in [3.05, 3.63) is 46.9 Å². The molecule has 2 saturated heterocycles. The molecule has 0 bridgehead atoms. The van der Waals surface area contributed by atoms with Crippen LogP contribution in [0.25, 0.3) is 0 Å². The number of fused-ring (bicyclic) bond motifs is 1. The second-order valence-corrected chi connectivity index (χ2v) is 8.88. The van der Waals surface area contributed by atoms with Crippen LogP contribution in [0.5, 0.6) is 0 Å². The van der Waals surface area contributed by atoms with Crippen LogP contribution in [0.2, 0.25) is 0 Å². The molecule has 1 aromatic heterocycles. The first kappa shape index (κ1) is 20.2. The predicted octanol–water partition coefficient (Wildman–Crippen LogP) is 3.33. The highest BCUT2D eigenvalue weighted by Gasteiger charge is 2.29. The van der Waals surface area contributed by atoms with E-state index in [0.717, 1.165) is 61.2 Å². The molecule has 5 rings (SSSR count). The standard InChI is InChI=1S/C24H30FN5O/c25-19-8-6-18(7-9-19)16-22(31)30-15-10-21-20(17-30)23(28-11-4-5-12-28)27-24(26-21)29-13-2-1-3-14-29/h6-9H,1-5,10-17H2. The van der Waals surface area contributed by atoms with Crippen LogP contribution in [0.3, 0.4) is 0 Å². The minimum absolute atomic E-state index is 0.0738. The van der Waals surface area contributed by atoms with Crippen molar-refractivity contribution in [3.63, 3.8) is 0 Å². The van der Waals surface area contributed by atoms with Gasteiger partial charge in [0, 0.05) is 44.7 Å². The van der Waals surface area contributed by atoms with E-state index in [1.807, 2.05) is 4.90 Å². The number of carbonyl (C=O) groups is 1. The van der Waals surface area contributed by atoms with Gasteiger partial charge in [0.1, 0.15) is 11.6 Å². The van der Waals surface area contributed by atoms with Gasteiger partial charge in [-0.1, -0.05) is 12.1 Å². The summed E-state index contributed by atoms with van der Waals surface area (Å²) in [5.74, 6) is 1.69. The molecule has 1 aromatic carbocycles. The molecule has 0 radical (unpaired) electrons. The zero-order chi connectivity index (χ0) is 21.2. The van der Waals surface area contributed by atoms with Crippen LogP contribution in [-0.4, -0.2) is 53.5 Å². The van der Waals surface area contributed by atoms with E-state index >= 15 is 0 Å². The third-order valence-electron chi connectivity index (χ3n) is 6.69. The molecule has 3 aliphatic rings. The molecule has 0 spiro atoms. The third-order valence-corrected chi connectivity index (χ3v) is 6.69. The average Bonchev–Trinajstić information content (AvgIpc) is 3.35. The maximum atomic E-state index is 13.2. The number of hydrogen-bond acceptors (Lipinski definition) is 5. The smallest absolute Gasteiger partial charge is 0.227 e. The van der Waals surface area contributed by atoms with E-state index in [-0.39, 0.29) is 11.7 Å². The monoisotopic (exact) mass is 423 g/mol. The summed E-state index contributed by atoms with van der Waals surface area (Å²) in [5, 5.41) is 0. The number of halogens is 1. The Morgan fingerprint density at radius 3 is 2.29 bits per heavy atom. The summed E-state index contributed by atoms with van der Waals surface area (Å²) in [6.07, 6.45) is 7.11. The minimum atomic E-state index is -0.278. The first-order chi connectivity index (χ1) is 15.2. The van der Waals surface area contributed by atoms with Gasteiger partial charge in [-0.25, -0.2) is 9.37 Å². The van der Waals surface area contributed by atoms with Crippen LogP contribution in [0.4, 0.5) is 16.2 Å². The molecule has 31 heavy (non-hydrogen) atoms. The van der Waals surface area contributed by atoms with Crippen LogP contribution in [0.1, 0.15) is 48.9 Å². The summed E-state index contributed by atoms with van der Waals surface area (Å²) in [6, 6.07) is 6.20. The van der Waals surface area contributed by atoms with Crippen molar-refractivity contribution >= 4 is 17.7 Å². The number of carbonyl (C=O) groups excluding carboxylic acids is 1. The topological polar surface area (TPSA) is 52.6 Å². The van der Waals surface area contributed by atoms with Gasteiger partial charge in [0.15, 0.2) is 0 Å². The Bertz CT molecular complexity index is 936. The molecule has 164 valence electrons. The van der Waals surface area contributed by atoms with Crippen molar-refractivity contribution in [1.29, 1.82) is 0 Å². The van der Waals surface area contributed by atoms with E-state index < -0.39 is 0 Å². The summed E-state index contributed by atoms with van der Waals surface area (Å²) in [7, 11) is 0. The molecule has 2 aromatic rings. The van der Waals surface area contributed by atoms with Crippen LogP contribution in [-0.2, 0) is 24.2 Å². The van der Waals surface area contributed by atoms with E-state index in [1.54, 1.807) is 12.1 Å². The van der Waals surface area contributed by atoms with Crippen molar-refractivity contribution in [2.75, 3.05) is 42.5 Å². The average molecular weight is 424 g/mol. The number of piperidine rings is 1. The zero-order valence-corrected chi connectivity index (χ0v) is 18.0. The number of benzene rings is 1. The van der Waals surface area contributed by atoms with E-state index in [9.17, 15) is 9.18 Å². The Balaban J connectivity index is 1.39. The molecule has 0 unspecified atom stereocenters. The molecule has 0 atom stereocenters. The van der Waals surface area contributed by atoms with Gasteiger partial charge < -0.3 is 14.7 Å². The lowest BCUT2D eigenvalue weighted by atomic mass is 10.0. The quantitative estimate of drug-likeness (QED) is 0.755. The molecule has 7 heteroatoms. The van der Waals surface area contributed by atoms with Gasteiger partial charge in [0.2, 0.25) is 11.9 Å². The predicted molar refractivity (Wildman–Crippen MR) is 119 cm³/mol. The first-order valence-electron chi connectivity index (χ1n) is 11.6. The van der Waals surface area contributed by atoms with E-state index in [2.05, 4.69) is 9.80 Å². The molecule has 4 heterocycles. The first-order valence-corrected chi connectivity index (χ1v) is 11.6. The molecule has 0 saturated carbocycles. The van der Waals surface area contributed by atoms with E-state index in [1.165, 1.54) is 44.2 Å². The van der Waals surface area contributed by atoms with Crippen molar-refractivity contribution < 1.29 is 9.18 Å². The Labute approximate surface area is 183 Å². The lowest BCUT2D eigenvalue weighted by Crippen LogP contribution is -2.39. The van der Waals surface area contributed by atoms with Crippen molar-refractivity contribution in [2.45, 2.75) is 51.5 Å². The maximum Gasteiger partial charge on any atom is 0.227 e. The molecular weight excluding hydrogens is 393 g/mol. The minimum Gasteiger partial charge on any atom is -0.356 e. The van der Waals surface area contributed by atoms with Crippen LogP contribution in [0, 0.1) is 5.82 Å². The Hall–Kier alpha value is -2.70. The lowest BCUT2D eigenvalue weighted by Gasteiger charge is -2.34. The van der Waals surface area contributed by atoms with Gasteiger partial charge in [0.25, 0.3) is 0 Å². The molecule has 0 aliphatic carbocycles. The fourth-order valence-corrected chi connectivity index (χ4v) is 4.91. The highest BCUT2D eigenvalue weighted by molar-refractivity contribution is 5.79. The summed E-state index contributed by atoms with van der Waals surface area (Å²) >= 11 is 0. The number of rotatable bonds is 4. The number of amides is 1. The molecule has 2 fully saturated rings. The molecule has 6 nitrogen and oxygen atoms in total. The summed E-state index contributed by atoms with van der Waals surface area (Å²) < 4.78 is 13.2. The Kier molecular flexibility index (Phi) is 5.74. The van der Waals surface area contributed by atoms with Gasteiger partial charge >= 0.3 is 0 Å². The zero-order valence-electron chi connectivity index (χ0n) is 18.0. The Morgan fingerprint density at radius 1 is 0.871 bits per heavy atom. The fraction of sp³-hybridized carbons (Fsp3) is 0.542. The van der Waals surface area contributed by atoms with E-state index in [4.69, 9.17) is 9.97 Å². The van der Waals surface area contributed by atoms with Gasteiger partial charge in [0.05, 0.1) is 18.7 Å². The number of aromatic nitrogens is 2. The van der Waals surface area contributed by atoms with E-state index in [0.29, 0.717) is 19.5 Å². The molecular formula is C24H30FN5O. The highest BCUT2D eigenvalue weighted by Crippen LogP contribution is 2.32. The van der Waals surface area contributed by atoms with Crippen molar-refractivity contribution in [3.8, 4) is 0 Å². The Morgan fingerprint density at radius 2 is 1.55 bits per heavy atom. The summed E-state index contributed by atoms with van der Waals surface area (Å²) in [4.78, 5) is 29.6. The van der Waals surface area contributed by atoms with Crippen LogP contribution in [0.15, 0.2) is 24.3 Å². The van der Waals surface area contributed by atoms with Gasteiger partial charge in [-0.15, -0.1) is 0 Å². The van der Waals surface area contributed by atoms with Crippen LogP contribution < -0.4 is 9.80 Å². The maximum absolute atomic E-state index is 13.2. The summed E-state index contributed by atoms with van der Waals surface area (Å²) in [5.41, 5.74) is 3.05. The SMILES string of the molecule is O=C(Cc1ccc(F)cc1)N1CCc2nc(N3CCCCC3)nc(N3CCCC3)c2C1. The molecule has 0 N–H and O–H groups in total. The van der Waals surface area contributed by atoms with Gasteiger partial charge in [-0.2, -0.15) is 4.98 Å². The normalized spacial score (nSPS) is 18.9. The number of nitrogens with zero attached hydrogens (tertiary/aromatic N) is 5. The second-order valence-electron chi connectivity index (χ2n) is 8.88. The van der Waals surface area contributed by atoms with Crippen molar-refractivity contribution in [1.82, 2.24) is 14.9 Å². The summed E-state index contributed by atoms with van der Waals surface area (Å²) in [6.45, 7) is 5.32. The number of hydrogen-bond donors (Lipinski definition) is 0. The lowest BCUT2D eigenvalue weighted by molar-refractivity contribution is -0.131.